The van der Waals surface area contributed by atoms with Crippen LogP contribution in [0.3, 0.4) is 0 Å². The van der Waals surface area contributed by atoms with E-state index in [1.54, 1.807) is 18.2 Å². The van der Waals surface area contributed by atoms with E-state index in [9.17, 15) is 4.39 Å². The third kappa shape index (κ3) is 3.83. The normalized spacial score (nSPS) is 11.7. The lowest BCUT2D eigenvalue weighted by atomic mass is 10.1. The fraction of sp³-hybridized carbons (Fsp3) is 0.235. The molecular weight excluding hydrogens is 253 g/mol. The first-order valence-electron chi connectivity index (χ1n) is 6.55. The summed E-state index contributed by atoms with van der Waals surface area (Å²) < 4.78 is 19.1. The molecule has 0 aliphatic rings. The zero-order valence-corrected chi connectivity index (χ0v) is 11.3. The van der Waals surface area contributed by atoms with E-state index in [4.69, 9.17) is 10.00 Å². The minimum atomic E-state index is -0.573. The topological polar surface area (TPSA) is 33.0 Å². The van der Waals surface area contributed by atoms with Gasteiger partial charge < -0.3 is 4.74 Å². The van der Waals surface area contributed by atoms with Gasteiger partial charge in [-0.25, -0.2) is 4.39 Å². The molecule has 0 amide bonds. The summed E-state index contributed by atoms with van der Waals surface area (Å²) in [4.78, 5) is 0. The van der Waals surface area contributed by atoms with E-state index in [-0.39, 0.29) is 5.82 Å². The Balaban J connectivity index is 1.97. The molecule has 0 aliphatic carbocycles. The van der Waals surface area contributed by atoms with Crippen LogP contribution in [0.5, 0.6) is 5.75 Å². The Morgan fingerprint density at radius 2 is 2.00 bits per heavy atom. The lowest BCUT2D eigenvalue weighted by Gasteiger charge is -2.13. The number of aryl methyl sites for hydroxylation is 2. The summed E-state index contributed by atoms with van der Waals surface area (Å²) in [6, 6.07) is 16.3. The largest absolute Gasteiger partial charge is 0.476 e. The van der Waals surface area contributed by atoms with Crippen molar-refractivity contribution in [3.63, 3.8) is 0 Å². The average molecular weight is 269 g/mol. The Morgan fingerprint density at radius 3 is 2.70 bits per heavy atom. The Kier molecular flexibility index (Phi) is 4.73. The first-order valence-corrected chi connectivity index (χ1v) is 6.55. The van der Waals surface area contributed by atoms with Gasteiger partial charge in [0.25, 0.3) is 0 Å². The summed E-state index contributed by atoms with van der Waals surface area (Å²) in [6.07, 6.45) is 0.374. The zero-order chi connectivity index (χ0) is 14.4. The van der Waals surface area contributed by atoms with Crippen LogP contribution in [0.25, 0.3) is 0 Å². The maximum absolute atomic E-state index is 13.5. The average Bonchev–Trinajstić information content (AvgIpc) is 2.45. The number of ether oxygens (including phenoxy) is 1. The summed E-state index contributed by atoms with van der Waals surface area (Å²) in [5.74, 6) is 0.435. The van der Waals surface area contributed by atoms with Gasteiger partial charge in [0.05, 0.1) is 0 Å². The molecule has 0 saturated heterocycles. The molecule has 0 radical (unpaired) electrons. The summed E-state index contributed by atoms with van der Waals surface area (Å²) in [5, 5.41) is 9.14. The highest BCUT2D eigenvalue weighted by molar-refractivity contribution is 5.28. The number of hydrogen-bond donors (Lipinski definition) is 0. The van der Waals surface area contributed by atoms with Crippen molar-refractivity contribution in [3.8, 4) is 11.8 Å². The van der Waals surface area contributed by atoms with E-state index in [0.29, 0.717) is 24.2 Å². The molecule has 20 heavy (non-hydrogen) atoms. The van der Waals surface area contributed by atoms with Gasteiger partial charge in [-0.2, -0.15) is 5.26 Å². The fourth-order valence-electron chi connectivity index (χ4n) is 1.99. The van der Waals surface area contributed by atoms with Crippen LogP contribution in [-0.4, -0.2) is 6.10 Å². The summed E-state index contributed by atoms with van der Waals surface area (Å²) in [7, 11) is 0. The fourth-order valence-corrected chi connectivity index (χ4v) is 1.99. The quantitative estimate of drug-likeness (QED) is 0.820. The molecule has 0 saturated carbocycles. The molecule has 0 heterocycles. The Bertz CT molecular complexity index is 618. The maximum Gasteiger partial charge on any atom is 0.184 e. The van der Waals surface area contributed by atoms with Gasteiger partial charge in [-0.15, -0.1) is 0 Å². The molecule has 0 aromatic heterocycles. The highest BCUT2D eigenvalue weighted by Crippen LogP contribution is 2.17. The third-order valence-electron chi connectivity index (χ3n) is 3.05. The molecule has 0 spiro atoms. The summed E-state index contributed by atoms with van der Waals surface area (Å²) in [5.41, 5.74) is 1.69. The van der Waals surface area contributed by atoms with E-state index in [1.807, 2.05) is 31.2 Å². The third-order valence-corrected chi connectivity index (χ3v) is 3.05. The number of benzene rings is 2. The van der Waals surface area contributed by atoms with Crippen LogP contribution in [-0.2, 0) is 6.42 Å². The van der Waals surface area contributed by atoms with Gasteiger partial charge in [-0.3, -0.25) is 0 Å². The van der Waals surface area contributed by atoms with E-state index < -0.39 is 6.10 Å². The lowest BCUT2D eigenvalue weighted by Crippen LogP contribution is -2.15. The van der Waals surface area contributed by atoms with Crippen molar-refractivity contribution in [2.75, 3.05) is 0 Å². The van der Waals surface area contributed by atoms with Crippen LogP contribution >= 0.6 is 0 Å². The van der Waals surface area contributed by atoms with Crippen LogP contribution in [0.4, 0.5) is 4.39 Å². The number of hydrogen-bond acceptors (Lipinski definition) is 2. The van der Waals surface area contributed by atoms with Gasteiger partial charge in [0, 0.05) is 6.42 Å². The van der Waals surface area contributed by atoms with Crippen LogP contribution in [0.2, 0.25) is 0 Å². The molecule has 2 aromatic carbocycles. The molecule has 1 unspecified atom stereocenters. The van der Waals surface area contributed by atoms with E-state index >= 15 is 0 Å². The van der Waals surface area contributed by atoms with Crippen molar-refractivity contribution in [2.24, 2.45) is 0 Å². The molecule has 0 bridgehead atoms. The molecule has 2 aromatic rings. The van der Waals surface area contributed by atoms with Gasteiger partial charge in [0.1, 0.15) is 17.6 Å². The first-order chi connectivity index (χ1) is 9.69. The lowest BCUT2D eigenvalue weighted by molar-refractivity contribution is 0.245. The second-order valence-corrected chi connectivity index (χ2v) is 4.68. The Hall–Kier alpha value is -2.34. The first kappa shape index (κ1) is 14.1. The highest BCUT2D eigenvalue weighted by atomic mass is 19.1. The van der Waals surface area contributed by atoms with Gasteiger partial charge in [-0.1, -0.05) is 30.3 Å². The van der Waals surface area contributed by atoms with Crippen molar-refractivity contribution in [1.82, 2.24) is 0 Å². The predicted octanol–water partition coefficient (Wildman–Crippen LogP) is 4.04. The van der Waals surface area contributed by atoms with Crippen molar-refractivity contribution in [2.45, 2.75) is 25.9 Å². The summed E-state index contributed by atoms with van der Waals surface area (Å²) in [6.45, 7) is 1.97. The second kappa shape index (κ2) is 6.72. The maximum atomic E-state index is 13.5. The number of nitriles is 1. The minimum Gasteiger partial charge on any atom is -0.476 e. The molecule has 2 nitrogen and oxygen atoms in total. The molecule has 0 fully saturated rings. The van der Waals surface area contributed by atoms with Crippen LogP contribution < -0.4 is 4.74 Å². The van der Waals surface area contributed by atoms with Crippen molar-refractivity contribution < 1.29 is 9.13 Å². The van der Waals surface area contributed by atoms with Crippen molar-refractivity contribution in [3.05, 3.63) is 65.5 Å². The van der Waals surface area contributed by atoms with Crippen LogP contribution in [0.15, 0.2) is 48.5 Å². The monoisotopic (exact) mass is 269 g/mol. The smallest absolute Gasteiger partial charge is 0.184 e. The summed E-state index contributed by atoms with van der Waals surface area (Å²) >= 11 is 0. The van der Waals surface area contributed by atoms with E-state index in [2.05, 4.69) is 6.07 Å². The molecule has 102 valence electrons. The SMILES string of the molecule is Cc1cccc(OC(C#N)CCc2ccccc2F)c1. The van der Waals surface area contributed by atoms with Gasteiger partial charge in [0.15, 0.2) is 6.10 Å². The molecule has 2 rings (SSSR count). The Morgan fingerprint density at radius 1 is 1.20 bits per heavy atom. The number of halogens is 1. The van der Waals surface area contributed by atoms with E-state index in [0.717, 1.165) is 5.56 Å². The van der Waals surface area contributed by atoms with Gasteiger partial charge in [0.2, 0.25) is 0 Å². The predicted molar refractivity (Wildman–Crippen MR) is 75.9 cm³/mol. The highest BCUT2D eigenvalue weighted by Gasteiger charge is 2.11. The second-order valence-electron chi connectivity index (χ2n) is 4.68. The number of rotatable bonds is 5. The van der Waals surface area contributed by atoms with Gasteiger partial charge in [-0.05, 0) is 42.7 Å². The molecular formula is C17H16FNO. The van der Waals surface area contributed by atoms with Gasteiger partial charge >= 0.3 is 0 Å². The standard InChI is InChI=1S/C17H16FNO/c1-13-5-4-7-15(11-13)20-16(12-19)10-9-14-6-2-3-8-17(14)18/h2-8,11,16H,9-10H2,1H3. The Labute approximate surface area is 118 Å². The molecule has 0 N–H and O–H groups in total. The van der Waals surface area contributed by atoms with Crippen molar-refractivity contribution >= 4 is 0 Å². The minimum absolute atomic E-state index is 0.236. The van der Waals surface area contributed by atoms with E-state index in [1.165, 1.54) is 6.07 Å². The van der Waals surface area contributed by atoms with Crippen molar-refractivity contribution in [1.29, 1.82) is 5.26 Å². The zero-order valence-electron chi connectivity index (χ0n) is 11.3. The molecule has 1 atom stereocenters. The van der Waals surface area contributed by atoms with Crippen LogP contribution in [0.1, 0.15) is 17.5 Å². The van der Waals surface area contributed by atoms with Crippen LogP contribution in [0, 0.1) is 24.1 Å². The molecule has 0 aliphatic heterocycles. The number of nitrogens with zero attached hydrogens (tertiary/aromatic N) is 1. The molecule has 3 heteroatoms.